The van der Waals surface area contributed by atoms with Crippen LogP contribution in [0.2, 0.25) is 0 Å². The molecule has 1 amide bonds. The van der Waals surface area contributed by atoms with Gasteiger partial charge in [-0.3, -0.25) is 4.79 Å². The fourth-order valence-corrected chi connectivity index (χ4v) is 3.12. The average molecular weight is 334 g/mol. The minimum absolute atomic E-state index is 0.191. The number of aryl methyl sites for hydroxylation is 2. The third kappa shape index (κ3) is 3.78. The number of nitrogens with one attached hydrogen (secondary N) is 1. The van der Waals surface area contributed by atoms with Gasteiger partial charge in [0.15, 0.2) is 0 Å². The van der Waals surface area contributed by atoms with Crippen molar-refractivity contribution < 1.29 is 4.79 Å². The number of carbonyl (C=O) groups is 1. The van der Waals surface area contributed by atoms with E-state index in [2.05, 4.69) is 10.5 Å². The molecule has 0 aliphatic heterocycles. The number of hydrazone groups is 1. The first-order valence-electron chi connectivity index (χ1n) is 7.68. The zero-order chi connectivity index (χ0) is 16.9. The number of rotatable bonds is 4. The topological polar surface area (TPSA) is 41.5 Å². The Balaban J connectivity index is 1.73. The van der Waals surface area contributed by atoms with Crippen molar-refractivity contribution in [1.82, 2.24) is 5.43 Å². The minimum atomic E-state index is -0.191. The smallest absolute Gasteiger partial charge is 0.266 e. The minimum Gasteiger partial charge on any atom is -0.266 e. The highest BCUT2D eigenvalue weighted by atomic mass is 32.1. The molecule has 0 spiro atoms. The second kappa shape index (κ2) is 7.23. The van der Waals surface area contributed by atoms with Gasteiger partial charge in [0, 0.05) is 5.56 Å². The highest BCUT2D eigenvalue weighted by molar-refractivity contribution is 7.12. The summed E-state index contributed by atoms with van der Waals surface area (Å²) in [4.78, 5) is 13.1. The Labute approximate surface area is 145 Å². The van der Waals surface area contributed by atoms with E-state index < -0.39 is 0 Å². The van der Waals surface area contributed by atoms with Crippen molar-refractivity contribution in [1.29, 1.82) is 0 Å². The van der Waals surface area contributed by atoms with Crippen molar-refractivity contribution in [3.63, 3.8) is 0 Å². The molecule has 3 rings (SSSR count). The van der Waals surface area contributed by atoms with Gasteiger partial charge >= 0.3 is 0 Å². The van der Waals surface area contributed by atoms with Crippen LogP contribution < -0.4 is 5.43 Å². The number of thiophene rings is 1. The summed E-state index contributed by atoms with van der Waals surface area (Å²) in [6.45, 7) is 4.08. The summed E-state index contributed by atoms with van der Waals surface area (Å²) < 4.78 is 0. The fraction of sp³-hybridized carbons (Fsp3) is 0.100. The molecular weight excluding hydrogens is 316 g/mol. The Morgan fingerprint density at radius 2 is 1.58 bits per heavy atom. The van der Waals surface area contributed by atoms with Crippen molar-refractivity contribution in [3.05, 3.63) is 81.5 Å². The third-order valence-corrected chi connectivity index (χ3v) is 4.60. The van der Waals surface area contributed by atoms with Crippen LogP contribution in [-0.4, -0.2) is 12.1 Å². The van der Waals surface area contributed by atoms with Gasteiger partial charge in [0.25, 0.3) is 5.91 Å². The van der Waals surface area contributed by atoms with Crippen LogP contribution in [0.15, 0.2) is 65.1 Å². The lowest BCUT2D eigenvalue weighted by atomic mass is 10.1. The standard InChI is InChI=1S/C20H18N2OS/c1-14-3-7-16(8-4-14)13-21-22-20(23)19-18(11-12-24-19)17-9-5-15(2)6-10-17/h3-13H,1-2H3,(H,22,23)/b21-13-. The summed E-state index contributed by atoms with van der Waals surface area (Å²) in [5, 5.41) is 5.98. The first kappa shape index (κ1) is 16.1. The van der Waals surface area contributed by atoms with Crippen molar-refractivity contribution in [2.45, 2.75) is 13.8 Å². The van der Waals surface area contributed by atoms with Gasteiger partial charge in [-0.25, -0.2) is 5.43 Å². The van der Waals surface area contributed by atoms with Crippen molar-refractivity contribution in [2.75, 3.05) is 0 Å². The number of hydrogen-bond donors (Lipinski definition) is 1. The van der Waals surface area contributed by atoms with Crippen LogP contribution in [0.4, 0.5) is 0 Å². The van der Waals surface area contributed by atoms with Crippen molar-refractivity contribution in [2.24, 2.45) is 5.10 Å². The van der Waals surface area contributed by atoms with E-state index in [4.69, 9.17) is 0 Å². The highest BCUT2D eigenvalue weighted by Crippen LogP contribution is 2.28. The normalized spacial score (nSPS) is 10.9. The van der Waals surface area contributed by atoms with Crippen LogP contribution in [-0.2, 0) is 0 Å². The van der Waals surface area contributed by atoms with Crippen LogP contribution in [0.1, 0.15) is 26.4 Å². The molecule has 0 saturated carbocycles. The van der Waals surface area contributed by atoms with Crippen molar-refractivity contribution in [3.8, 4) is 11.1 Å². The van der Waals surface area contributed by atoms with Crippen LogP contribution >= 0.6 is 11.3 Å². The summed E-state index contributed by atoms with van der Waals surface area (Å²) in [5.41, 5.74) is 7.92. The molecule has 1 aromatic heterocycles. The molecule has 0 saturated heterocycles. The molecule has 2 aromatic carbocycles. The quantitative estimate of drug-likeness (QED) is 0.540. The van der Waals surface area contributed by atoms with Gasteiger partial charge in [0.1, 0.15) is 4.88 Å². The summed E-state index contributed by atoms with van der Waals surface area (Å²) in [6, 6.07) is 18.1. The van der Waals surface area contributed by atoms with E-state index >= 15 is 0 Å². The lowest BCUT2D eigenvalue weighted by Gasteiger charge is -2.04. The van der Waals surface area contributed by atoms with Crippen LogP contribution in [0, 0.1) is 13.8 Å². The van der Waals surface area contributed by atoms with Crippen molar-refractivity contribution >= 4 is 23.5 Å². The Morgan fingerprint density at radius 3 is 2.25 bits per heavy atom. The van der Waals surface area contributed by atoms with Gasteiger partial charge in [-0.15, -0.1) is 11.3 Å². The second-order valence-corrected chi connectivity index (χ2v) is 6.56. The van der Waals surface area contributed by atoms with Gasteiger partial charge in [0.05, 0.1) is 6.21 Å². The molecule has 24 heavy (non-hydrogen) atoms. The van der Waals surface area contributed by atoms with E-state index in [-0.39, 0.29) is 5.91 Å². The van der Waals surface area contributed by atoms with Crippen LogP contribution in [0.5, 0.6) is 0 Å². The van der Waals surface area contributed by atoms with Crippen LogP contribution in [0.3, 0.4) is 0 Å². The molecule has 0 aliphatic carbocycles. The summed E-state index contributed by atoms with van der Waals surface area (Å²) >= 11 is 1.42. The van der Waals surface area contributed by atoms with Gasteiger partial charge in [-0.05, 0) is 36.4 Å². The second-order valence-electron chi connectivity index (χ2n) is 5.64. The number of carbonyl (C=O) groups excluding carboxylic acids is 1. The molecule has 1 N–H and O–H groups in total. The molecule has 0 fully saturated rings. The average Bonchev–Trinajstić information content (AvgIpc) is 3.07. The Morgan fingerprint density at radius 1 is 0.958 bits per heavy atom. The molecule has 0 atom stereocenters. The largest absolute Gasteiger partial charge is 0.282 e. The summed E-state index contributed by atoms with van der Waals surface area (Å²) in [7, 11) is 0. The van der Waals surface area contributed by atoms with E-state index in [0.717, 1.165) is 16.7 Å². The molecule has 0 aliphatic rings. The predicted molar refractivity (Wildman–Crippen MR) is 101 cm³/mol. The fourth-order valence-electron chi connectivity index (χ4n) is 2.31. The molecule has 0 radical (unpaired) electrons. The van der Waals surface area contributed by atoms with E-state index in [9.17, 15) is 4.79 Å². The molecule has 3 aromatic rings. The molecule has 120 valence electrons. The molecule has 0 unspecified atom stereocenters. The summed E-state index contributed by atoms with van der Waals surface area (Å²) in [6.07, 6.45) is 1.65. The molecule has 3 nitrogen and oxygen atoms in total. The molecule has 1 heterocycles. The van der Waals surface area contributed by atoms with Gasteiger partial charge in [-0.2, -0.15) is 5.10 Å². The van der Waals surface area contributed by atoms with E-state index in [1.165, 1.54) is 22.5 Å². The number of hydrogen-bond acceptors (Lipinski definition) is 3. The zero-order valence-corrected chi connectivity index (χ0v) is 14.4. The van der Waals surface area contributed by atoms with E-state index in [1.807, 2.05) is 73.8 Å². The molecular formula is C20H18N2OS. The van der Waals surface area contributed by atoms with E-state index in [0.29, 0.717) is 4.88 Å². The van der Waals surface area contributed by atoms with Gasteiger partial charge in [0.2, 0.25) is 0 Å². The maximum Gasteiger partial charge on any atom is 0.282 e. The highest BCUT2D eigenvalue weighted by Gasteiger charge is 2.13. The third-order valence-electron chi connectivity index (χ3n) is 3.69. The number of benzene rings is 2. The monoisotopic (exact) mass is 334 g/mol. The summed E-state index contributed by atoms with van der Waals surface area (Å²) in [5.74, 6) is -0.191. The molecule has 4 heteroatoms. The predicted octanol–water partition coefficient (Wildman–Crippen LogP) is 4.80. The number of amides is 1. The first-order valence-corrected chi connectivity index (χ1v) is 8.56. The van der Waals surface area contributed by atoms with E-state index in [1.54, 1.807) is 6.21 Å². The maximum atomic E-state index is 12.4. The first-order chi connectivity index (χ1) is 11.6. The van der Waals surface area contributed by atoms with Gasteiger partial charge < -0.3 is 0 Å². The lowest BCUT2D eigenvalue weighted by molar-refractivity contribution is 0.0960. The van der Waals surface area contributed by atoms with Crippen LogP contribution in [0.25, 0.3) is 11.1 Å². The SMILES string of the molecule is Cc1ccc(/C=N\NC(=O)c2sccc2-c2ccc(C)cc2)cc1. The Kier molecular flexibility index (Phi) is 4.87. The number of nitrogens with zero attached hydrogens (tertiary/aromatic N) is 1. The van der Waals surface area contributed by atoms with Gasteiger partial charge in [-0.1, -0.05) is 59.7 Å². The zero-order valence-electron chi connectivity index (χ0n) is 13.6. The Hall–Kier alpha value is -2.72. The Bertz CT molecular complexity index is 861. The lowest BCUT2D eigenvalue weighted by Crippen LogP contribution is -2.17. The molecule has 0 bridgehead atoms. The maximum absolute atomic E-state index is 12.4.